The zero-order valence-corrected chi connectivity index (χ0v) is 17.6. The number of rotatable bonds is 7. The summed E-state index contributed by atoms with van der Waals surface area (Å²) in [5, 5.41) is 12.2. The number of thiazole rings is 1. The minimum Gasteiger partial charge on any atom is -0.459 e. The third kappa shape index (κ3) is 5.44. The van der Waals surface area contributed by atoms with Crippen molar-refractivity contribution >= 4 is 56.9 Å². The van der Waals surface area contributed by atoms with Crippen LogP contribution >= 0.6 is 22.7 Å². The van der Waals surface area contributed by atoms with E-state index in [9.17, 15) is 14.4 Å². The average molecular weight is 453 g/mol. The molecule has 3 heterocycles. The first kappa shape index (κ1) is 20.5. The molecule has 4 aromatic rings. The lowest BCUT2D eigenvalue weighted by Crippen LogP contribution is -2.15. The summed E-state index contributed by atoms with van der Waals surface area (Å²) in [5.41, 5.74) is 1.72. The molecule has 0 aliphatic carbocycles. The van der Waals surface area contributed by atoms with Crippen molar-refractivity contribution in [2.75, 3.05) is 16.0 Å². The van der Waals surface area contributed by atoms with Crippen LogP contribution < -0.4 is 16.0 Å². The second-order valence-corrected chi connectivity index (χ2v) is 8.11. The Bertz CT molecular complexity index is 1180. The van der Waals surface area contributed by atoms with E-state index in [-0.39, 0.29) is 29.9 Å². The lowest BCUT2D eigenvalue weighted by atomic mass is 10.2. The topological polar surface area (TPSA) is 113 Å². The Balaban J connectivity index is 1.28. The van der Waals surface area contributed by atoms with Crippen LogP contribution in [0.25, 0.3) is 0 Å². The molecule has 156 valence electrons. The van der Waals surface area contributed by atoms with Gasteiger partial charge in [0.05, 0.1) is 23.3 Å². The van der Waals surface area contributed by atoms with Crippen molar-refractivity contribution in [1.82, 2.24) is 4.98 Å². The molecule has 0 bridgehead atoms. The van der Waals surface area contributed by atoms with Gasteiger partial charge in [0.15, 0.2) is 10.9 Å². The van der Waals surface area contributed by atoms with Crippen molar-refractivity contribution in [2.24, 2.45) is 0 Å². The first-order chi connectivity index (χ1) is 15.1. The standard InChI is InChI=1S/C21H16N4O4S2/c26-18(11-15-12-31-21(24-15)25-20(28)17-4-2-10-30-17)22-13-5-7-14(8-6-13)23-19(27)16-3-1-9-29-16/h1-10,12H,11H2,(H,22,26)(H,23,27)(H,24,25,28). The number of anilines is 3. The Morgan fingerprint density at radius 3 is 2.32 bits per heavy atom. The maximum Gasteiger partial charge on any atom is 0.291 e. The van der Waals surface area contributed by atoms with Gasteiger partial charge < -0.3 is 15.1 Å². The molecule has 0 aliphatic heterocycles. The Labute approximate surface area is 184 Å². The van der Waals surface area contributed by atoms with Crippen LogP contribution in [0, 0.1) is 0 Å². The molecule has 8 nitrogen and oxygen atoms in total. The van der Waals surface area contributed by atoms with E-state index in [0.29, 0.717) is 27.1 Å². The number of furan rings is 1. The second kappa shape index (κ2) is 9.37. The summed E-state index contributed by atoms with van der Waals surface area (Å²) in [5.74, 6) is -0.604. The number of hydrogen-bond donors (Lipinski definition) is 3. The SMILES string of the molecule is O=C(Cc1csc(NC(=O)c2cccs2)n1)Nc1ccc(NC(=O)c2ccco2)cc1. The van der Waals surface area contributed by atoms with Gasteiger partial charge in [0, 0.05) is 16.8 Å². The smallest absolute Gasteiger partial charge is 0.291 e. The molecule has 3 N–H and O–H groups in total. The third-order valence-corrected chi connectivity index (χ3v) is 5.71. The number of hydrogen-bond acceptors (Lipinski definition) is 7. The van der Waals surface area contributed by atoms with E-state index in [1.165, 1.54) is 28.9 Å². The second-order valence-electron chi connectivity index (χ2n) is 6.31. The lowest BCUT2D eigenvalue weighted by molar-refractivity contribution is -0.115. The Morgan fingerprint density at radius 1 is 0.871 bits per heavy atom. The van der Waals surface area contributed by atoms with Crippen molar-refractivity contribution in [1.29, 1.82) is 0 Å². The number of carbonyl (C=O) groups excluding carboxylic acids is 3. The molecule has 0 fully saturated rings. The molecule has 10 heteroatoms. The van der Waals surface area contributed by atoms with Gasteiger partial charge in [0.25, 0.3) is 11.8 Å². The normalized spacial score (nSPS) is 10.5. The zero-order chi connectivity index (χ0) is 21.6. The molecular weight excluding hydrogens is 436 g/mol. The number of thiophene rings is 1. The Morgan fingerprint density at radius 2 is 1.65 bits per heavy atom. The predicted octanol–water partition coefficient (Wildman–Crippen LogP) is 4.48. The van der Waals surface area contributed by atoms with E-state index in [1.54, 1.807) is 53.9 Å². The number of benzene rings is 1. The summed E-state index contributed by atoms with van der Waals surface area (Å²) < 4.78 is 5.05. The van der Waals surface area contributed by atoms with Gasteiger partial charge in [-0.1, -0.05) is 6.07 Å². The van der Waals surface area contributed by atoms with Crippen molar-refractivity contribution in [3.63, 3.8) is 0 Å². The minimum absolute atomic E-state index is 0.0718. The molecule has 0 unspecified atom stereocenters. The first-order valence-electron chi connectivity index (χ1n) is 9.11. The van der Waals surface area contributed by atoms with E-state index >= 15 is 0 Å². The first-order valence-corrected chi connectivity index (χ1v) is 10.9. The number of aromatic nitrogens is 1. The van der Waals surface area contributed by atoms with E-state index in [1.807, 2.05) is 5.38 Å². The minimum atomic E-state index is -0.354. The summed E-state index contributed by atoms with van der Waals surface area (Å²) in [6.07, 6.45) is 1.50. The van der Waals surface area contributed by atoms with Gasteiger partial charge in [-0.05, 0) is 47.8 Å². The summed E-state index contributed by atoms with van der Waals surface area (Å²) in [7, 11) is 0. The van der Waals surface area contributed by atoms with Crippen molar-refractivity contribution < 1.29 is 18.8 Å². The molecule has 0 atom stereocenters. The number of nitrogens with one attached hydrogen (secondary N) is 3. The fraction of sp³-hybridized carbons (Fsp3) is 0.0476. The maximum atomic E-state index is 12.3. The summed E-state index contributed by atoms with van der Waals surface area (Å²) in [6.45, 7) is 0. The van der Waals surface area contributed by atoms with Crippen LogP contribution in [0.1, 0.15) is 25.9 Å². The van der Waals surface area contributed by atoms with Gasteiger partial charge in [0.2, 0.25) is 5.91 Å². The number of amides is 3. The van der Waals surface area contributed by atoms with Crippen LogP contribution in [0.4, 0.5) is 16.5 Å². The zero-order valence-electron chi connectivity index (χ0n) is 16.0. The van der Waals surface area contributed by atoms with E-state index < -0.39 is 0 Å². The summed E-state index contributed by atoms with van der Waals surface area (Å²) >= 11 is 2.61. The molecule has 3 aromatic heterocycles. The third-order valence-electron chi connectivity index (χ3n) is 4.03. The quantitative estimate of drug-likeness (QED) is 0.383. The summed E-state index contributed by atoms with van der Waals surface area (Å²) in [4.78, 5) is 41.2. The molecule has 31 heavy (non-hydrogen) atoms. The number of carbonyl (C=O) groups is 3. The molecule has 4 rings (SSSR count). The molecule has 0 radical (unpaired) electrons. The molecule has 0 spiro atoms. The van der Waals surface area contributed by atoms with Gasteiger partial charge in [0.1, 0.15) is 0 Å². The highest BCUT2D eigenvalue weighted by Crippen LogP contribution is 2.19. The fourth-order valence-electron chi connectivity index (χ4n) is 2.62. The highest BCUT2D eigenvalue weighted by atomic mass is 32.1. The number of nitrogens with zero attached hydrogens (tertiary/aromatic N) is 1. The van der Waals surface area contributed by atoms with Gasteiger partial charge in [-0.25, -0.2) is 4.98 Å². The van der Waals surface area contributed by atoms with Gasteiger partial charge in [-0.15, -0.1) is 22.7 Å². The van der Waals surface area contributed by atoms with Gasteiger partial charge in [-0.3, -0.25) is 19.7 Å². The van der Waals surface area contributed by atoms with Crippen LogP contribution in [0.5, 0.6) is 0 Å². The van der Waals surface area contributed by atoms with E-state index in [2.05, 4.69) is 20.9 Å². The maximum absolute atomic E-state index is 12.3. The average Bonchev–Trinajstić information content (AvgIpc) is 3.52. The molecular formula is C21H16N4O4S2. The molecule has 0 saturated carbocycles. The van der Waals surface area contributed by atoms with Crippen LogP contribution in [-0.4, -0.2) is 22.7 Å². The molecule has 3 amide bonds. The van der Waals surface area contributed by atoms with Crippen LogP contribution in [0.3, 0.4) is 0 Å². The van der Waals surface area contributed by atoms with Gasteiger partial charge in [-0.2, -0.15) is 0 Å². The van der Waals surface area contributed by atoms with Crippen LogP contribution in [0.2, 0.25) is 0 Å². The molecule has 0 aliphatic rings. The van der Waals surface area contributed by atoms with Crippen molar-refractivity contribution in [3.05, 3.63) is 81.9 Å². The molecule has 0 saturated heterocycles. The van der Waals surface area contributed by atoms with E-state index in [4.69, 9.17) is 4.42 Å². The highest BCUT2D eigenvalue weighted by Gasteiger charge is 2.12. The lowest BCUT2D eigenvalue weighted by Gasteiger charge is -2.07. The van der Waals surface area contributed by atoms with Crippen molar-refractivity contribution in [2.45, 2.75) is 6.42 Å². The van der Waals surface area contributed by atoms with Crippen LogP contribution in [-0.2, 0) is 11.2 Å². The Kier molecular flexibility index (Phi) is 6.20. The fourth-order valence-corrected chi connectivity index (χ4v) is 3.94. The van der Waals surface area contributed by atoms with Crippen molar-refractivity contribution in [3.8, 4) is 0 Å². The molecule has 1 aromatic carbocycles. The largest absolute Gasteiger partial charge is 0.459 e. The summed E-state index contributed by atoms with van der Waals surface area (Å²) in [6, 6.07) is 13.5. The Hall–Kier alpha value is -3.76. The van der Waals surface area contributed by atoms with Gasteiger partial charge >= 0.3 is 0 Å². The predicted molar refractivity (Wildman–Crippen MR) is 120 cm³/mol. The van der Waals surface area contributed by atoms with E-state index in [0.717, 1.165) is 0 Å². The highest BCUT2D eigenvalue weighted by molar-refractivity contribution is 7.14. The van der Waals surface area contributed by atoms with Crippen LogP contribution in [0.15, 0.2) is 70.0 Å². The monoisotopic (exact) mass is 452 g/mol.